The molecule has 0 spiro atoms. The quantitative estimate of drug-likeness (QED) is 0.181. The monoisotopic (exact) mass is 489 g/mol. The number of hydrogen-bond acceptors (Lipinski definition) is 4. The Morgan fingerprint density at radius 2 is 1.78 bits per heavy atom. The largest absolute Gasteiger partial charge is 0.357 e. The highest BCUT2D eigenvalue weighted by Gasteiger charge is 2.58. The summed E-state index contributed by atoms with van der Waals surface area (Å²) in [5.74, 6) is 0.485. The maximum absolute atomic E-state index is 12.6. The molecule has 1 heterocycles. The number of fused-ring (bicyclic) bond motifs is 5. The fraction of sp³-hybridized carbons (Fsp3) is 0.667. The molecule has 3 rings (SSSR count). The van der Waals surface area contributed by atoms with Crippen LogP contribution >= 0.6 is 24.0 Å². The lowest BCUT2D eigenvalue weighted by Crippen LogP contribution is -2.44. The summed E-state index contributed by atoms with van der Waals surface area (Å²) in [6.45, 7) is 3.35. The smallest absolute Gasteiger partial charge is 0.243 e. The van der Waals surface area contributed by atoms with Gasteiger partial charge in [-0.15, -0.1) is 24.0 Å². The van der Waals surface area contributed by atoms with Crippen molar-refractivity contribution in [3.05, 3.63) is 12.2 Å². The number of allylic oxidation sites excluding steroid dienone is 2. The molecule has 3 amide bonds. The van der Waals surface area contributed by atoms with Gasteiger partial charge in [0.25, 0.3) is 0 Å². The Kier molecular flexibility index (Phi) is 7.24. The summed E-state index contributed by atoms with van der Waals surface area (Å²) in [6, 6.07) is 0. The van der Waals surface area contributed by atoms with Gasteiger partial charge in [0, 0.05) is 33.7 Å². The molecule has 1 saturated carbocycles. The molecule has 2 N–H and O–H groups in total. The first-order valence-electron chi connectivity index (χ1n) is 9.20. The molecule has 9 heteroatoms. The maximum atomic E-state index is 12.6. The minimum Gasteiger partial charge on any atom is -0.357 e. The van der Waals surface area contributed by atoms with Crippen molar-refractivity contribution < 1.29 is 14.4 Å². The fourth-order valence-electron chi connectivity index (χ4n) is 4.10. The van der Waals surface area contributed by atoms with Crippen LogP contribution < -0.4 is 10.6 Å². The first-order valence-corrected chi connectivity index (χ1v) is 9.20. The van der Waals surface area contributed by atoms with Gasteiger partial charge in [0.1, 0.15) is 6.54 Å². The molecule has 8 nitrogen and oxygen atoms in total. The molecule has 2 fully saturated rings. The first kappa shape index (κ1) is 21.6. The Labute approximate surface area is 176 Å². The van der Waals surface area contributed by atoms with Gasteiger partial charge >= 0.3 is 0 Å². The van der Waals surface area contributed by atoms with Gasteiger partial charge in [0.05, 0.1) is 11.8 Å². The zero-order valence-corrected chi connectivity index (χ0v) is 18.3. The van der Waals surface area contributed by atoms with E-state index >= 15 is 0 Å². The number of guanidine groups is 1. The summed E-state index contributed by atoms with van der Waals surface area (Å²) in [7, 11) is 3.36. The van der Waals surface area contributed by atoms with Crippen LogP contribution in [0.2, 0.25) is 0 Å². The summed E-state index contributed by atoms with van der Waals surface area (Å²) in [5, 5.41) is 6.15. The second-order valence-corrected chi connectivity index (χ2v) is 7.24. The number of likely N-dealkylation sites (N-methyl/N-ethyl adjacent to an activating group) is 1. The molecule has 150 valence electrons. The molecule has 2 bridgehead atoms. The highest BCUT2D eigenvalue weighted by molar-refractivity contribution is 14.0. The highest BCUT2D eigenvalue weighted by Crippen LogP contribution is 2.52. The highest BCUT2D eigenvalue weighted by atomic mass is 127. The normalized spacial score (nSPS) is 28.3. The van der Waals surface area contributed by atoms with E-state index < -0.39 is 0 Å². The molecule has 0 aromatic heterocycles. The number of nitrogens with one attached hydrogen (secondary N) is 2. The topological polar surface area (TPSA) is 94.1 Å². The van der Waals surface area contributed by atoms with Crippen molar-refractivity contribution in [2.45, 2.75) is 13.3 Å². The standard InChI is InChI=1S/C18H27N5O3.HI/c1-4-19-18(21-10-13(24)22(2)3)20-7-8-23-16(25)14-11-5-6-12(9-11)15(14)17(23)26;/h5-6,11-12,14-15H,4,7-10H2,1-3H3,(H2,19,20,21);1H. The molecule has 2 aliphatic carbocycles. The molecular formula is C18H28IN5O3. The predicted octanol–water partition coefficient (Wildman–Crippen LogP) is 0.0548. The number of nitrogens with zero attached hydrogens (tertiary/aromatic N) is 3. The molecule has 1 aliphatic heterocycles. The van der Waals surface area contributed by atoms with Crippen LogP contribution in [0.4, 0.5) is 0 Å². The zero-order chi connectivity index (χ0) is 18.8. The van der Waals surface area contributed by atoms with E-state index in [4.69, 9.17) is 0 Å². The average molecular weight is 489 g/mol. The second kappa shape index (κ2) is 9.03. The van der Waals surface area contributed by atoms with Gasteiger partial charge in [0.2, 0.25) is 17.7 Å². The van der Waals surface area contributed by atoms with E-state index in [0.717, 1.165) is 6.42 Å². The van der Waals surface area contributed by atoms with Crippen LogP contribution in [0.25, 0.3) is 0 Å². The summed E-state index contributed by atoms with van der Waals surface area (Å²) in [4.78, 5) is 44.0. The summed E-state index contributed by atoms with van der Waals surface area (Å²) in [6.07, 6.45) is 5.13. The van der Waals surface area contributed by atoms with Crippen LogP contribution in [0.1, 0.15) is 13.3 Å². The van der Waals surface area contributed by atoms with Gasteiger partial charge in [-0.3, -0.25) is 19.3 Å². The van der Waals surface area contributed by atoms with E-state index in [1.165, 1.54) is 9.80 Å². The number of rotatable bonds is 6. The second-order valence-electron chi connectivity index (χ2n) is 7.24. The van der Waals surface area contributed by atoms with Crippen molar-refractivity contribution in [1.82, 2.24) is 20.4 Å². The molecule has 0 aromatic carbocycles. The number of halogens is 1. The number of carbonyl (C=O) groups excluding carboxylic acids is 3. The van der Waals surface area contributed by atoms with E-state index in [1.54, 1.807) is 14.1 Å². The number of hydrogen-bond donors (Lipinski definition) is 2. The van der Waals surface area contributed by atoms with Gasteiger partial charge in [-0.05, 0) is 25.2 Å². The van der Waals surface area contributed by atoms with Crippen molar-refractivity contribution in [3.63, 3.8) is 0 Å². The Hall–Kier alpha value is -1.65. The van der Waals surface area contributed by atoms with E-state index in [2.05, 4.69) is 27.8 Å². The van der Waals surface area contributed by atoms with E-state index in [1.807, 2.05) is 6.92 Å². The van der Waals surface area contributed by atoms with Crippen LogP contribution in [0.15, 0.2) is 17.1 Å². The molecule has 1 saturated heterocycles. The number of likely N-dealkylation sites (tertiary alicyclic amines) is 1. The lowest BCUT2D eigenvalue weighted by atomic mass is 9.85. The molecule has 0 aromatic rings. The lowest BCUT2D eigenvalue weighted by molar-refractivity contribution is -0.140. The third kappa shape index (κ3) is 4.27. The van der Waals surface area contributed by atoms with E-state index in [9.17, 15) is 14.4 Å². The minimum absolute atomic E-state index is 0. The van der Waals surface area contributed by atoms with Gasteiger partial charge < -0.3 is 15.5 Å². The van der Waals surface area contributed by atoms with E-state index in [0.29, 0.717) is 25.6 Å². The Morgan fingerprint density at radius 1 is 1.19 bits per heavy atom. The van der Waals surface area contributed by atoms with Crippen molar-refractivity contribution >= 4 is 47.7 Å². The Morgan fingerprint density at radius 3 is 2.30 bits per heavy atom. The molecule has 4 atom stereocenters. The average Bonchev–Trinajstić information content (AvgIpc) is 3.28. The third-order valence-corrected chi connectivity index (χ3v) is 5.40. The summed E-state index contributed by atoms with van der Waals surface area (Å²) < 4.78 is 0. The van der Waals surface area contributed by atoms with Gasteiger partial charge in [0.15, 0.2) is 5.96 Å². The first-order chi connectivity index (χ1) is 12.4. The number of carbonyl (C=O) groups is 3. The van der Waals surface area contributed by atoms with Crippen LogP contribution in [-0.4, -0.2) is 73.8 Å². The predicted molar refractivity (Wildman–Crippen MR) is 113 cm³/mol. The van der Waals surface area contributed by atoms with Crippen LogP contribution in [0.3, 0.4) is 0 Å². The van der Waals surface area contributed by atoms with Gasteiger partial charge in [-0.25, -0.2) is 4.99 Å². The minimum atomic E-state index is -0.155. The molecule has 3 aliphatic rings. The van der Waals surface area contributed by atoms with Gasteiger partial charge in [-0.1, -0.05) is 12.2 Å². The van der Waals surface area contributed by atoms with Crippen LogP contribution in [0, 0.1) is 23.7 Å². The molecule has 27 heavy (non-hydrogen) atoms. The number of amides is 3. The third-order valence-electron chi connectivity index (χ3n) is 5.40. The maximum Gasteiger partial charge on any atom is 0.243 e. The van der Waals surface area contributed by atoms with Crippen molar-refractivity contribution in [1.29, 1.82) is 0 Å². The van der Waals surface area contributed by atoms with Crippen LogP contribution in [-0.2, 0) is 14.4 Å². The van der Waals surface area contributed by atoms with Crippen molar-refractivity contribution in [3.8, 4) is 0 Å². The summed E-state index contributed by atoms with van der Waals surface area (Å²) in [5.41, 5.74) is 0. The molecule has 4 unspecified atom stereocenters. The zero-order valence-electron chi connectivity index (χ0n) is 16.0. The number of imide groups is 1. The Bertz CT molecular complexity index is 633. The van der Waals surface area contributed by atoms with Crippen molar-refractivity contribution in [2.75, 3.05) is 40.3 Å². The summed E-state index contributed by atoms with van der Waals surface area (Å²) >= 11 is 0. The fourth-order valence-corrected chi connectivity index (χ4v) is 4.10. The SMILES string of the molecule is CCNC(=NCC(=O)N(C)C)NCCN1C(=O)C2C3C=CC(C3)C2C1=O.I. The molecular weight excluding hydrogens is 461 g/mol. The van der Waals surface area contributed by atoms with Gasteiger partial charge in [-0.2, -0.15) is 0 Å². The number of aliphatic imine (C=N–C) groups is 1. The van der Waals surface area contributed by atoms with E-state index in [-0.39, 0.29) is 71.9 Å². The Balaban J connectivity index is 0.00000261. The van der Waals surface area contributed by atoms with Crippen molar-refractivity contribution in [2.24, 2.45) is 28.7 Å². The lowest BCUT2D eigenvalue weighted by Gasteiger charge is -2.18. The molecule has 0 radical (unpaired) electrons. The van der Waals surface area contributed by atoms with Crippen LogP contribution in [0.5, 0.6) is 0 Å².